The highest BCUT2D eigenvalue weighted by Gasteiger charge is 2.18. The third kappa shape index (κ3) is 2.47. The molecule has 1 aromatic heterocycles. The van der Waals surface area contributed by atoms with Crippen molar-refractivity contribution in [2.24, 2.45) is 4.99 Å². The van der Waals surface area contributed by atoms with E-state index in [0.29, 0.717) is 11.0 Å². The second kappa shape index (κ2) is 4.45. The molecule has 0 aromatic carbocycles. The molecule has 0 N–H and O–H groups in total. The summed E-state index contributed by atoms with van der Waals surface area (Å²) in [4.78, 5) is 15.0. The van der Waals surface area contributed by atoms with E-state index >= 15 is 0 Å². The van der Waals surface area contributed by atoms with Crippen LogP contribution in [0.2, 0.25) is 5.15 Å². The molecule has 90 valence electrons. The number of allylic oxidation sites excluding steroid dienone is 1. The molecule has 1 aromatic rings. The van der Waals surface area contributed by atoms with Gasteiger partial charge in [-0.1, -0.05) is 11.6 Å². The van der Waals surface area contributed by atoms with Crippen LogP contribution in [0.4, 0.5) is 5.82 Å². The van der Waals surface area contributed by atoms with Crippen molar-refractivity contribution in [3.63, 3.8) is 0 Å². The Kier molecular flexibility index (Phi) is 3.15. The minimum atomic E-state index is 0.462. The predicted octanol–water partition coefficient (Wildman–Crippen LogP) is 2.97. The molecule has 2 rings (SSSR count). The highest BCUT2D eigenvalue weighted by atomic mass is 35.5. The van der Waals surface area contributed by atoms with Gasteiger partial charge in [0.05, 0.1) is 0 Å². The molecular weight excluding hydrogens is 236 g/mol. The third-order valence-electron chi connectivity index (χ3n) is 2.80. The maximum Gasteiger partial charge on any atom is 0.139 e. The molecule has 0 radical (unpaired) electrons. The van der Waals surface area contributed by atoms with Gasteiger partial charge < -0.3 is 4.90 Å². The second-order valence-electron chi connectivity index (χ2n) is 4.21. The Morgan fingerprint density at radius 1 is 1.18 bits per heavy atom. The Hall–Kier alpha value is -1.42. The lowest BCUT2D eigenvalue weighted by Crippen LogP contribution is -2.34. The molecule has 2 heterocycles. The van der Waals surface area contributed by atoms with Crippen LogP contribution in [0.3, 0.4) is 0 Å². The average molecular weight is 251 g/mol. The van der Waals surface area contributed by atoms with E-state index in [4.69, 9.17) is 11.6 Å². The Morgan fingerprint density at radius 2 is 1.88 bits per heavy atom. The first kappa shape index (κ1) is 12.0. The predicted molar refractivity (Wildman–Crippen MR) is 70.6 cm³/mol. The van der Waals surface area contributed by atoms with Crippen molar-refractivity contribution in [2.45, 2.75) is 27.7 Å². The van der Waals surface area contributed by atoms with Crippen molar-refractivity contribution < 1.29 is 0 Å². The van der Waals surface area contributed by atoms with Gasteiger partial charge in [0.1, 0.15) is 22.6 Å². The Morgan fingerprint density at radius 3 is 2.53 bits per heavy atom. The number of aromatic nitrogens is 2. The number of rotatable bonds is 1. The molecule has 0 fully saturated rings. The summed E-state index contributed by atoms with van der Waals surface area (Å²) >= 11 is 5.95. The van der Waals surface area contributed by atoms with Gasteiger partial charge in [0.15, 0.2) is 0 Å². The lowest BCUT2D eigenvalue weighted by Gasteiger charge is -2.28. The summed E-state index contributed by atoms with van der Waals surface area (Å²) < 4.78 is 0. The molecule has 0 aliphatic carbocycles. The van der Waals surface area contributed by atoms with Gasteiger partial charge in [-0.3, -0.25) is 0 Å². The van der Waals surface area contributed by atoms with Crippen molar-refractivity contribution >= 4 is 23.3 Å². The molecule has 0 unspecified atom stereocenters. The van der Waals surface area contributed by atoms with E-state index in [1.54, 1.807) is 6.07 Å². The molecule has 1 aliphatic rings. The zero-order valence-corrected chi connectivity index (χ0v) is 11.2. The molecule has 0 atom stereocenters. The van der Waals surface area contributed by atoms with Crippen molar-refractivity contribution in [3.05, 3.63) is 28.3 Å². The fourth-order valence-electron chi connectivity index (χ4n) is 1.77. The first-order chi connectivity index (χ1) is 7.97. The van der Waals surface area contributed by atoms with Gasteiger partial charge in [0, 0.05) is 18.3 Å². The highest BCUT2D eigenvalue weighted by Crippen LogP contribution is 2.22. The smallest absolute Gasteiger partial charge is 0.139 e. The van der Waals surface area contributed by atoms with Crippen molar-refractivity contribution in [1.82, 2.24) is 9.97 Å². The SMILES string of the molecule is CC1=NC(C)=C(C)CN1c1cc(Cl)nc(C)n1. The van der Waals surface area contributed by atoms with Crippen LogP contribution in [0, 0.1) is 6.92 Å². The Labute approximate surface area is 106 Å². The number of anilines is 1. The van der Waals surface area contributed by atoms with E-state index in [1.165, 1.54) is 5.57 Å². The number of nitrogens with zero attached hydrogens (tertiary/aromatic N) is 4. The third-order valence-corrected chi connectivity index (χ3v) is 3.00. The largest absolute Gasteiger partial charge is 0.310 e. The van der Waals surface area contributed by atoms with Crippen molar-refractivity contribution in [2.75, 3.05) is 11.4 Å². The zero-order chi connectivity index (χ0) is 12.6. The molecule has 1 aliphatic heterocycles. The van der Waals surface area contributed by atoms with Crippen LogP contribution in [-0.2, 0) is 0 Å². The van der Waals surface area contributed by atoms with Gasteiger partial charge in [-0.15, -0.1) is 0 Å². The van der Waals surface area contributed by atoms with Gasteiger partial charge >= 0.3 is 0 Å². The van der Waals surface area contributed by atoms with Gasteiger partial charge in [0.2, 0.25) is 0 Å². The minimum absolute atomic E-state index is 0.462. The molecule has 0 amide bonds. The molecule has 0 saturated carbocycles. The van der Waals surface area contributed by atoms with Crippen LogP contribution < -0.4 is 4.90 Å². The number of halogens is 1. The number of aliphatic imine (C=N–C) groups is 1. The van der Waals surface area contributed by atoms with Gasteiger partial charge in [-0.05, 0) is 33.3 Å². The number of aryl methyl sites for hydroxylation is 1. The van der Waals surface area contributed by atoms with Crippen LogP contribution in [0.15, 0.2) is 22.3 Å². The van der Waals surface area contributed by atoms with Crippen molar-refractivity contribution in [3.8, 4) is 0 Å². The molecule has 0 saturated heterocycles. The van der Waals surface area contributed by atoms with E-state index in [9.17, 15) is 0 Å². The van der Waals surface area contributed by atoms with E-state index in [1.807, 2.05) is 25.7 Å². The zero-order valence-electron chi connectivity index (χ0n) is 10.5. The normalized spacial score (nSPS) is 16.3. The fraction of sp³-hybridized carbons (Fsp3) is 0.417. The van der Waals surface area contributed by atoms with Crippen LogP contribution >= 0.6 is 11.6 Å². The maximum atomic E-state index is 5.95. The number of amidine groups is 1. The lowest BCUT2D eigenvalue weighted by atomic mass is 10.2. The van der Waals surface area contributed by atoms with Gasteiger partial charge in [-0.25, -0.2) is 15.0 Å². The van der Waals surface area contributed by atoms with Gasteiger partial charge in [-0.2, -0.15) is 0 Å². The molecule has 5 heteroatoms. The van der Waals surface area contributed by atoms with Crippen LogP contribution in [0.25, 0.3) is 0 Å². The number of hydrogen-bond donors (Lipinski definition) is 0. The fourth-order valence-corrected chi connectivity index (χ4v) is 1.99. The molecule has 17 heavy (non-hydrogen) atoms. The van der Waals surface area contributed by atoms with Crippen LogP contribution in [0.5, 0.6) is 0 Å². The molecule has 4 nitrogen and oxygen atoms in total. The summed E-state index contributed by atoms with van der Waals surface area (Å²) in [6.45, 7) is 8.71. The van der Waals surface area contributed by atoms with Crippen LogP contribution in [0.1, 0.15) is 26.6 Å². The standard InChI is InChI=1S/C12H15ClN4/c1-7-6-17(10(4)14-8(7)2)12-5-11(13)15-9(3)16-12/h5H,6H2,1-4H3. The Bertz CT molecular complexity index is 499. The minimum Gasteiger partial charge on any atom is -0.310 e. The van der Waals surface area contributed by atoms with E-state index in [2.05, 4.69) is 21.9 Å². The maximum absolute atomic E-state index is 5.95. The average Bonchev–Trinajstić information content (AvgIpc) is 2.22. The monoisotopic (exact) mass is 250 g/mol. The van der Waals surface area contributed by atoms with Crippen LogP contribution in [-0.4, -0.2) is 22.3 Å². The quantitative estimate of drug-likeness (QED) is 0.720. The van der Waals surface area contributed by atoms with E-state index in [-0.39, 0.29) is 0 Å². The summed E-state index contributed by atoms with van der Waals surface area (Å²) in [5.74, 6) is 2.40. The van der Waals surface area contributed by atoms with Crippen molar-refractivity contribution in [1.29, 1.82) is 0 Å². The summed E-state index contributed by atoms with van der Waals surface area (Å²) in [5, 5.41) is 0.462. The first-order valence-electron chi connectivity index (χ1n) is 5.47. The van der Waals surface area contributed by atoms with Gasteiger partial charge in [0.25, 0.3) is 0 Å². The summed E-state index contributed by atoms with van der Waals surface area (Å²) in [6, 6.07) is 1.77. The summed E-state index contributed by atoms with van der Waals surface area (Å²) in [7, 11) is 0. The highest BCUT2D eigenvalue weighted by molar-refractivity contribution is 6.29. The second-order valence-corrected chi connectivity index (χ2v) is 4.59. The number of hydrogen-bond acceptors (Lipinski definition) is 4. The lowest BCUT2D eigenvalue weighted by molar-refractivity contribution is 0.936. The Balaban J connectivity index is 2.40. The first-order valence-corrected chi connectivity index (χ1v) is 5.85. The molecule has 0 spiro atoms. The molecule has 0 bridgehead atoms. The van der Waals surface area contributed by atoms with E-state index in [0.717, 1.165) is 23.9 Å². The summed E-state index contributed by atoms with van der Waals surface area (Å²) in [6.07, 6.45) is 0. The molecular formula is C12H15ClN4. The summed E-state index contributed by atoms with van der Waals surface area (Å²) in [5.41, 5.74) is 2.32. The van der Waals surface area contributed by atoms with E-state index < -0.39 is 0 Å². The topological polar surface area (TPSA) is 41.4 Å².